The number of hydrogen-bond acceptors (Lipinski definition) is 3. The number of hydrogen-bond donors (Lipinski definition) is 3. The van der Waals surface area contributed by atoms with Crippen LogP contribution in [0.15, 0.2) is 34.4 Å². The van der Waals surface area contributed by atoms with Crippen LogP contribution in [-0.2, 0) is 6.54 Å². The van der Waals surface area contributed by atoms with Crippen molar-refractivity contribution in [1.82, 2.24) is 5.32 Å². The Balaban J connectivity index is 2.73. The first kappa shape index (κ1) is 14.0. The van der Waals surface area contributed by atoms with Gasteiger partial charge in [-0.15, -0.1) is 0 Å². The number of nitrogens with zero attached hydrogens (tertiary/aromatic N) is 1. The van der Waals surface area contributed by atoms with E-state index in [9.17, 15) is 0 Å². The Morgan fingerprint density at radius 2 is 2.29 bits per heavy atom. The molecule has 6 heteroatoms. The molecule has 0 amide bonds. The molecule has 0 atom stereocenters. The maximum atomic E-state index is 8.54. The lowest BCUT2D eigenvalue weighted by molar-refractivity contribution is 0.318. The van der Waals surface area contributed by atoms with Gasteiger partial charge in [0, 0.05) is 28.2 Å². The molecule has 0 aromatic heterocycles. The van der Waals surface area contributed by atoms with E-state index in [-0.39, 0.29) is 5.84 Å². The third-order valence-electron chi connectivity index (χ3n) is 2.09. The van der Waals surface area contributed by atoms with Gasteiger partial charge in [-0.1, -0.05) is 51.4 Å². The fraction of sp³-hybridized carbons (Fsp3) is 0.182. The molecule has 0 aliphatic rings. The van der Waals surface area contributed by atoms with Gasteiger partial charge in [0.2, 0.25) is 0 Å². The molecule has 0 fully saturated rings. The molecule has 0 bridgehead atoms. The topological polar surface area (TPSA) is 70.6 Å². The molecule has 0 aliphatic heterocycles. The Hall–Kier alpha value is -1.04. The van der Waals surface area contributed by atoms with Crippen LogP contribution in [0.3, 0.4) is 0 Å². The SMILES string of the molecule is C=C(Br)CNCc1ccc(/C(N)=N\O)cc1Cl. The van der Waals surface area contributed by atoms with E-state index >= 15 is 0 Å². The van der Waals surface area contributed by atoms with Gasteiger partial charge >= 0.3 is 0 Å². The van der Waals surface area contributed by atoms with Crippen LogP contribution in [0.1, 0.15) is 11.1 Å². The van der Waals surface area contributed by atoms with Crippen molar-refractivity contribution in [3.63, 3.8) is 0 Å². The number of nitrogens with one attached hydrogen (secondary N) is 1. The summed E-state index contributed by atoms with van der Waals surface area (Å²) < 4.78 is 0.877. The first-order valence-electron chi connectivity index (χ1n) is 4.85. The summed E-state index contributed by atoms with van der Waals surface area (Å²) in [5.74, 6) is 0.0419. The van der Waals surface area contributed by atoms with Crippen LogP contribution >= 0.6 is 27.5 Å². The zero-order valence-electron chi connectivity index (χ0n) is 9.08. The molecular weight excluding hydrogens is 305 g/mol. The molecule has 1 rings (SSSR count). The lowest BCUT2D eigenvalue weighted by Crippen LogP contribution is -2.16. The number of benzene rings is 1. The molecule has 4 N–H and O–H groups in total. The summed E-state index contributed by atoms with van der Waals surface area (Å²) in [6.45, 7) is 5.01. The molecule has 0 aliphatic carbocycles. The molecule has 4 nitrogen and oxygen atoms in total. The summed E-state index contributed by atoms with van der Waals surface area (Å²) in [5, 5.41) is 15.2. The second kappa shape index (κ2) is 6.64. The average molecular weight is 319 g/mol. The Bertz CT molecular complexity index is 448. The van der Waals surface area contributed by atoms with Gasteiger partial charge in [0.05, 0.1) is 0 Å². The molecule has 1 aromatic carbocycles. The van der Waals surface area contributed by atoms with Crippen LogP contribution in [0.2, 0.25) is 5.02 Å². The van der Waals surface area contributed by atoms with E-state index in [4.69, 9.17) is 22.5 Å². The molecule has 0 saturated heterocycles. The van der Waals surface area contributed by atoms with E-state index in [1.54, 1.807) is 12.1 Å². The van der Waals surface area contributed by atoms with Crippen molar-refractivity contribution in [2.75, 3.05) is 6.54 Å². The van der Waals surface area contributed by atoms with E-state index in [0.29, 0.717) is 23.7 Å². The number of nitrogens with two attached hydrogens (primary N) is 1. The van der Waals surface area contributed by atoms with Gasteiger partial charge in [-0.25, -0.2) is 0 Å². The largest absolute Gasteiger partial charge is 0.409 e. The maximum Gasteiger partial charge on any atom is 0.170 e. The minimum Gasteiger partial charge on any atom is -0.409 e. The van der Waals surface area contributed by atoms with Gasteiger partial charge in [0.15, 0.2) is 5.84 Å². The predicted molar refractivity (Wildman–Crippen MR) is 73.7 cm³/mol. The van der Waals surface area contributed by atoms with Crippen molar-refractivity contribution in [1.29, 1.82) is 0 Å². The normalized spacial score (nSPS) is 11.5. The van der Waals surface area contributed by atoms with Crippen LogP contribution in [0, 0.1) is 0 Å². The Morgan fingerprint density at radius 3 is 2.82 bits per heavy atom. The van der Waals surface area contributed by atoms with Crippen molar-refractivity contribution in [2.24, 2.45) is 10.9 Å². The molecule has 0 spiro atoms. The quantitative estimate of drug-likeness (QED) is 0.338. The molecule has 0 saturated carbocycles. The van der Waals surface area contributed by atoms with Crippen LogP contribution in [0.25, 0.3) is 0 Å². The van der Waals surface area contributed by atoms with E-state index in [2.05, 4.69) is 33.0 Å². The molecule has 0 heterocycles. The summed E-state index contributed by atoms with van der Waals surface area (Å²) in [6, 6.07) is 5.25. The second-order valence-corrected chi connectivity index (χ2v) is 4.94. The van der Waals surface area contributed by atoms with E-state index < -0.39 is 0 Å². The van der Waals surface area contributed by atoms with Gasteiger partial charge in [0.25, 0.3) is 0 Å². The first-order valence-corrected chi connectivity index (χ1v) is 6.02. The third-order valence-corrected chi connectivity index (χ3v) is 2.72. The summed E-state index contributed by atoms with van der Waals surface area (Å²) in [7, 11) is 0. The minimum absolute atomic E-state index is 0.0419. The lowest BCUT2D eigenvalue weighted by atomic mass is 10.1. The number of oxime groups is 1. The van der Waals surface area contributed by atoms with Gasteiger partial charge < -0.3 is 16.3 Å². The second-order valence-electron chi connectivity index (χ2n) is 3.41. The van der Waals surface area contributed by atoms with E-state index in [1.807, 2.05) is 6.07 Å². The highest BCUT2D eigenvalue weighted by Gasteiger charge is 2.04. The summed E-state index contributed by atoms with van der Waals surface area (Å²) in [5.41, 5.74) is 6.99. The number of rotatable bonds is 5. The highest BCUT2D eigenvalue weighted by atomic mass is 79.9. The van der Waals surface area contributed by atoms with Gasteiger partial charge in [0.1, 0.15) is 0 Å². The smallest absolute Gasteiger partial charge is 0.170 e. The van der Waals surface area contributed by atoms with E-state index in [1.165, 1.54) is 0 Å². The van der Waals surface area contributed by atoms with Crippen molar-refractivity contribution in [3.05, 3.63) is 45.4 Å². The van der Waals surface area contributed by atoms with Crippen LogP contribution < -0.4 is 11.1 Å². The fourth-order valence-corrected chi connectivity index (χ4v) is 1.69. The standard InChI is InChI=1S/C11H13BrClN3O/c1-7(12)5-15-6-9-3-2-8(4-10(9)13)11(14)16-17/h2-4,15,17H,1,5-6H2,(H2,14,16). The molecule has 92 valence electrons. The molecule has 1 aromatic rings. The molecule has 17 heavy (non-hydrogen) atoms. The Kier molecular flexibility index (Phi) is 5.47. The Morgan fingerprint density at radius 1 is 1.59 bits per heavy atom. The molecular formula is C11H13BrClN3O. The minimum atomic E-state index is 0.0419. The van der Waals surface area contributed by atoms with Crippen molar-refractivity contribution < 1.29 is 5.21 Å². The monoisotopic (exact) mass is 317 g/mol. The average Bonchev–Trinajstić information content (AvgIpc) is 2.29. The zero-order valence-corrected chi connectivity index (χ0v) is 11.4. The Labute approximate surface area is 113 Å². The van der Waals surface area contributed by atoms with Gasteiger partial charge in [-0.3, -0.25) is 0 Å². The number of halogens is 2. The summed E-state index contributed by atoms with van der Waals surface area (Å²) >= 11 is 9.34. The fourth-order valence-electron chi connectivity index (χ4n) is 1.24. The van der Waals surface area contributed by atoms with Gasteiger partial charge in [-0.2, -0.15) is 0 Å². The van der Waals surface area contributed by atoms with Crippen LogP contribution in [-0.4, -0.2) is 17.6 Å². The van der Waals surface area contributed by atoms with Crippen molar-refractivity contribution >= 4 is 33.4 Å². The molecule has 0 radical (unpaired) electrons. The van der Waals surface area contributed by atoms with Crippen LogP contribution in [0.5, 0.6) is 0 Å². The first-order chi connectivity index (χ1) is 8.04. The van der Waals surface area contributed by atoms with Gasteiger partial charge in [-0.05, 0) is 11.6 Å². The zero-order chi connectivity index (χ0) is 12.8. The highest BCUT2D eigenvalue weighted by molar-refractivity contribution is 9.11. The van der Waals surface area contributed by atoms with Crippen molar-refractivity contribution in [3.8, 4) is 0 Å². The third kappa shape index (κ3) is 4.38. The molecule has 0 unspecified atom stereocenters. The lowest BCUT2D eigenvalue weighted by Gasteiger charge is -2.07. The number of amidine groups is 1. The maximum absolute atomic E-state index is 8.54. The summed E-state index contributed by atoms with van der Waals surface area (Å²) in [6.07, 6.45) is 0. The van der Waals surface area contributed by atoms with E-state index in [0.717, 1.165) is 10.0 Å². The van der Waals surface area contributed by atoms with Crippen molar-refractivity contribution in [2.45, 2.75) is 6.54 Å². The summed E-state index contributed by atoms with van der Waals surface area (Å²) in [4.78, 5) is 0. The van der Waals surface area contributed by atoms with Crippen LogP contribution in [0.4, 0.5) is 0 Å². The predicted octanol–water partition coefficient (Wildman–Crippen LogP) is 2.43. The highest BCUT2D eigenvalue weighted by Crippen LogP contribution is 2.18.